The first kappa shape index (κ1) is 28.3. The first-order valence-corrected chi connectivity index (χ1v) is 16.9. The fourth-order valence-electron chi connectivity index (χ4n) is 7.45. The van der Waals surface area contributed by atoms with Crippen molar-refractivity contribution < 1.29 is 0 Å². The van der Waals surface area contributed by atoms with E-state index in [9.17, 15) is 0 Å². The third-order valence-electron chi connectivity index (χ3n) is 9.81. The lowest BCUT2D eigenvalue weighted by molar-refractivity contribution is 1.08. The Labute approximate surface area is 289 Å². The number of hydrogen-bond acceptors (Lipinski definition) is 2. The fourth-order valence-corrected chi connectivity index (χ4v) is 7.45. The van der Waals surface area contributed by atoms with E-state index in [0.29, 0.717) is 5.82 Å². The fraction of sp³-hybridized carbons (Fsp3) is 0. The Kier molecular flexibility index (Phi) is 6.46. The van der Waals surface area contributed by atoms with Gasteiger partial charge in [0, 0.05) is 32.8 Å². The zero-order valence-corrected chi connectivity index (χ0v) is 27.1. The minimum absolute atomic E-state index is 0.711. The Morgan fingerprint density at radius 1 is 0.300 bits per heavy atom. The second kappa shape index (κ2) is 11.4. The van der Waals surface area contributed by atoms with E-state index in [0.717, 1.165) is 28.0 Å². The van der Waals surface area contributed by atoms with E-state index in [1.165, 1.54) is 54.8 Å². The first-order chi connectivity index (χ1) is 24.8. The molecule has 0 saturated carbocycles. The third kappa shape index (κ3) is 4.54. The summed E-state index contributed by atoms with van der Waals surface area (Å²) in [4.78, 5) is 9.72. The Bertz CT molecular complexity index is 2820. The van der Waals surface area contributed by atoms with Crippen LogP contribution in [0.2, 0.25) is 0 Å². The average molecular weight is 639 g/mol. The summed E-state index contributed by atoms with van der Waals surface area (Å²) in [6.45, 7) is 0. The quantitative estimate of drug-likeness (QED) is 0.188. The van der Waals surface area contributed by atoms with Crippen molar-refractivity contribution in [1.29, 1.82) is 0 Å². The van der Waals surface area contributed by atoms with Crippen molar-refractivity contribution in [2.45, 2.75) is 0 Å². The standard InChI is InChI=1S/C46H30N4/c1-5-13-31(14-6-1)34-21-23-38-40-28-45-41(27-44(40)49(42(38)25-34)36-19-11-4-12-20-36)39-24-22-35(32-15-7-2-8-16-32)26-43(39)50(45)37-29-47-46(48-30-37)33-17-9-3-10-18-33/h1-30H. The lowest BCUT2D eigenvalue weighted by Crippen LogP contribution is -1.98. The van der Waals surface area contributed by atoms with Gasteiger partial charge in [0.15, 0.2) is 5.82 Å². The second-order valence-corrected chi connectivity index (χ2v) is 12.7. The van der Waals surface area contributed by atoms with Crippen LogP contribution in [0.5, 0.6) is 0 Å². The van der Waals surface area contributed by atoms with Crippen LogP contribution >= 0.6 is 0 Å². The van der Waals surface area contributed by atoms with E-state index in [1.807, 2.05) is 42.7 Å². The van der Waals surface area contributed by atoms with Crippen LogP contribution in [-0.2, 0) is 0 Å². The van der Waals surface area contributed by atoms with Crippen LogP contribution in [0, 0.1) is 0 Å². The largest absolute Gasteiger partial charge is 0.309 e. The lowest BCUT2D eigenvalue weighted by atomic mass is 10.0. The van der Waals surface area contributed by atoms with Crippen LogP contribution in [-0.4, -0.2) is 19.1 Å². The van der Waals surface area contributed by atoms with Crippen molar-refractivity contribution >= 4 is 43.6 Å². The van der Waals surface area contributed by atoms with E-state index < -0.39 is 0 Å². The summed E-state index contributed by atoms with van der Waals surface area (Å²) >= 11 is 0. The maximum Gasteiger partial charge on any atom is 0.159 e. The molecule has 10 aromatic rings. The smallest absolute Gasteiger partial charge is 0.159 e. The van der Waals surface area contributed by atoms with E-state index in [2.05, 4.69) is 149 Å². The van der Waals surface area contributed by atoms with E-state index >= 15 is 0 Å². The molecule has 0 amide bonds. The summed E-state index contributed by atoms with van der Waals surface area (Å²) in [5.41, 5.74) is 12.4. The predicted octanol–water partition coefficient (Wildman–Crippen LogP) is 11.7. The third-order valence-corrected chi connectivity index (χ3v) is 9.81. The summed E-state index contributed by atoms with van der Waals surface area (Å²) in [7, 11) is 0. The Morgan fingerprint density at radius 3 is 1.18 bits per heavy atom. The molecule has 50 heavy (non-hydrogen) atoms. The second-order valence-electron chi connectivity index (χ2n) is 12.7. The minimum Gasteiger partial charge on any atom is -0.309 e. The van der Waals surface area contributed by atoms with E-state index in [1.54, 1.807) is 0 Å². The molecule has 0 N–H and O–H groups in total. The molecular formula is C46H30N4. The highest BCUT2D eigenvalue weighted by atomic mass is 15.0. The molecule has 0 unspecified atom stereocenters. The Morgan fingerprint density at radius 2 is 0.700 bits per heavy atom. The summed E-state index contributed by atoms with van der Waals surface area (Å²) < 4.78 is 4.74. The Hall–Kier alpha value is -6.78. The molecule has 10 rings (SSSR count). The Balaban J connectivity index is 1.28. The van der Waals surface area contributed by atoms with Gasteiger partial charge in [0.1, 0.15) is 0 Å². The van der Waals surface area contributed by atoms with Gasteiger partial charge in [-0.25, -0.2) is 9.97 Å². The monoisotopic (exact) mass is 638 g/mol. The maximum atomic E-state index is 4.86. The number of aromatic nitrogens is 4. The number of para-hydroxylation sites is 1. The number of rotatable bonds is 5. The van der Waals surface area contributed by atoms with Crippen molar-refractivity contribution in [1.82, 2.24) is 19.1 Å². The van der Waals surface area contributed by atoms with Crippen LogP contribution in [0.1, 0.15) is 0 Å². The molecule has 0 spiro atoms. The average Bonchev–Trinajstić information content (AvgIpc) is 3.69. The molecule has 0 saturated heterocycles. The van der Waals surface area contributed by atoms with Crippen LogP contribution < -0.4 is 0 Å². The van der Waals surface area contributed by atoms with Gasteiger partial charge in [-0.2, -0.15) is 0 Å². The summed E-state index contributed by atoms with van der Waals surface area (Å²) in [5.74, 6) is 0.711. The van der Waals surface area contributed by atoms with Gasteiger partial charge in [-0.3, -0.25) is 0 Å². The molecule has 0 aliphatic carbocycles. The zero-order chi connectivity index (χ0) is 33.0. The van der Waals surface area contributed by atoms with Crippen molar-refractivity contribution in [2.24, 2.45) is 0 Å². The number of fused-ring (bicyclic) bond motifs is 6. The molecule has 0 aliphatic rings. The van der Waals surface area contributed by atoms with Gasteiger partial charge >= 0.3 is 0 Å². The molecule has 0 bridgehead atoms. The van der Waals surface area contributed by atoms with Gasteiger partial charge in [-0.15, -0.1) is 0 Å². The van der Waals surface area contributed by atoms with Crippen molar-refractivity contribution in [3.8, 4) is 45.0 Å². The molecule has 0 aliphatic heterocycles. The normalized spacial score (nSPS) is 11.6. The summed E-state index contributed by atoms with van der Waals surface area (Å²) in [6.07, 6.45) is 3.90. The summed E-state index contributed by atoms with van der Waals surface area (Å²) in [5, 5.41) is 4.78. The molecule has 0 radical (unpaired) electrons. The molecule has 0 fully saturated rings. The highest BCUT2D eigenvalue weighted by Crippen LogP contribution is 2.41. The van der Waals surface area contributed by atoms with E-state index in [4.69, 9.17) is 9.97 Å². The minimum atomic E-state index is 0.711. The van der Waals surface area contributed by atoms with Crippen molar-refractivity contribution in [2.75, 3.05) is 0 Å². The van der Waals surface area contributed by atoms with Crippen molar-refractivity contribution in [3.05, 3.63) is 182 Å². The summed E-state index contributed by atoms with van der Waals surface area (Å²) in [6, 6.07) is 60.4. The van der Waals surface area contributed by atoms with Crippen LogP contribution in [0.25, 0.3) is 88.6 Å². The zero-order valence-electron chi connectivity index (χ0n) is 27.1. The SMILES string of the molecule is c1ccc(-c2ccc3c4cc5c(cc4n(-c4ccccc4)c3c2)c2ccc(-c3ccccc3)cc2n5-c2cnc(-c3ccccc3)nc2)cc1. The number of nitrogens with zero attached hydrogens (tertiary/aromatic N) is 4. The van der Waals surface area contributed by atoms with Crippen molar-refractivity contribution in [3.63, 3.8) is 0 Å². The number of hydrogen-bond donors (Lipinski definition) is 0. The molecule has 4 heteroatoms. The predicted molar refractivity (Wildman–Crippen MR) is 207 cm³/mol. The van der Waals surface area contributed by atoms with E-state index in [-0.39, 0.29) is 0 Å². The van der Waals surface area contributed by atoms with Crippen LogP contribution in [0.3, 0.4) is 0 Å². The lowest BCUT2D eigenvalue weighted by Gasteiger charge is -2.10. The maximum absolute atomic E-state index is 4.86. The highest BCUT2D eigenvalue weighted by Gasteiger charge is 2.20. The van der Waals surface area contributed by atoms with Crippen LogP contribution in [0.4, 0.5) is 0 Å². The topological polar surface area (TPSA) is 35.6 Å². The van der Waals surface area contributed by atoms with Gasteiger partial charge in [-0.1, -0.05) is 133 Å². The van der Waals surface area contributed by atoms with Gasteiger partial charge in [0.2, 0.25) is 0 Å². The molecule has 3 aromatic heterocycles. The molecule has 0 atom stereocenters. The van der Waals surface area contributed by atoms with Gasteiger partial charge in [0.25, 0.3) is 0 Å². The molecule has 3 heterocycles. The molecule has 4 nitrogen and oxygen atoms in total. The van der Waals surface area contributed by atoms with Crippen LogP contribution in [0.15, 0.2) is 182 Å². The molecule has 234 valence electrons. The highest BCUT2D eigenvalue weighted by molar-refractivity contribution is 6.19. The van der Waals surface area contributed by atoms with Gasteiger partial charge in [-0.05, 0) is 58.7 Å². The number of benzene rings is 7. The first-order valence-electron chi connectivity index (χ1n) is 16.9. The molecular weight excluding hydrogens is 609 g/mol. The molecule has 7 aromatic carbocycles. The van der Waals surface area contributed by atoms with Gasteiger partial charge in [0.05, 0.1) is 40.1 Å². The van der Waals surface area contributed by atoms with Gasteiger partial charge < -0.3 is 9.13 Å².